The Hall–Kier alpha value is -3.03. The molecule has 8 nitrogen and oxygen atoms in total. The summed E-state index contributed by atoms with van der Waals surface area (Å²) >= 11 is 0. The number of nitrogens with zero attached hydrogens (tertiary/aromatic N) is 4. The zero-order chi connectivity index (χ0) is 20.4. The fourth-order valence-electron chi connectivity index (χ4n) is 3.21. The summed E-state index contributed by atoms with van der Waals surface area (Å²) in [6, 6.07) is 5.29. The van der Waals surface area contributed by atoms with Crippen molar-refractivity contribution in [2.75, 3.05) is 39.7 Å². The Kier molecular flexibility index (Phi) is 5.58. The zero-order valence-corrected chi connectivity index (χ0v) is 17.0. The van der Waals surface area contributed by atoms with E-state index in [1.54, 1.807) is 38.3 Å². The molecule has 1 aliphatic rings. The first-order chi connectivity index (χ1) is 13.3. The number of ether oxygens (including phenoxy) is 1. The smallest absolute Gasteiger partial charge is 0.253 e. The number of rotatable bonds is 5. The Morgan fingerprint density at radius 1 is 1.32 bits per heavy atom. The Morgan fingerprint density at radius 2 is 2.07 bits per heavy atom. The van der Waals surface area contributed by atoms with Gasteiger partial charge < -0.3 is 24.4 Å². The van der Waals surface area contributed by atoms with Crippen LogP contribution in [0.2, 0.25) is 0 Å². The van der Waals surface area contributed by atoms with Crippen molar-refractivity contribution in [3.05, 3.63) is 41.5 Å². The second kappa shape index (κ2) is 7.92. The van der Waals surface area contributed by atoms with Crippen LogP contribution in [0, 0.1) is 6.92 Å². The van der Waals surface area contributed by atoms with E-state index in [0.29, 0.717) is 25.1 Å². The van der Waals surface area contributed by atoms with E-state index in [2.05, 4.69) is 9.97 Å². The highest BCUT2D eigenvalue weighted by Crippen LogP contribution is 2.34. The Balaban J connectivity index is 1.69. The SMILES string of the molecule is Cc1cnc(CN(C)C(=O)C[C@@H]2COc3ccc(C(=O)N(C)C)cc3N2C)[nH]1. The maximum Gasteiger partial charge on any atom is 0.253 e. The normalized spacial score (nSPS) is 15.6. The van der Waals surface area contributed by atoms with E-state index in [4.69, 9.17) is 4.74 Å². The maximum atomic E-state index is 12.7. The van der Waals surface area contributed by atoms with E-state index < -0.39 is 0 Å². The first-order valence-electron chi connectivity index (χ1n) is 9.22. The van der Waals surface area contributed by atoms with Gasteiger partial charge in [-0.25, -0.2) is 4.98 Å². The van der Waals surface area contributed by atoms with E-state index in [1.165, 1.54) is 4.90 Å². The van der Waals surface area contributed by atoms with Crippen molar-refractivity contribution in [2.24, 2.45) is 0 Å². The molecule has 0 saturated heterocycles. The number of nitrogens with one attached hydrogen (secondary N) is 1. The van der Waals surface area contributed by atoms with Crippen LogP contribution in [-0.4, -0.2) is 72.4 Å². The van der Waals surface area contributed by atoms with Gasteiger partial charge in [-0.2, -0.15) is 0 Å². The molecule has 1 aromatic heterocycles. The molecule has 1 aliphatic heterocycles. The molecule has 0 saturated carbocycles. The van der Waals surface area contributed by atoms with E-state index >= 15 is 0 Å². The van der Waals surface area contributed by atoms with Crippen molar-refractivity contribution in [1.29, 1.82) is 0 Å². The largest absolute Gasteiger partial charge is 0.489 e. The number of carbonyl (C=O) groups excluding carboxylic acids is 2. The van der Waals surface area contributed by atoms with Gasteiger partial charge in [0.1, 0.15) is 18.2 Å². The number of imidazole rings is 1. The summed E-state index contributed by atoms with van der Waals surface area (Å²) in [4.78, 5) is 37.6. The Bertz CT molecular complexity index is 876. The topological polar surface area (TPSA) is 81.8 Å². The molecule has 0 fully saturated rings. The summed E-state index contributed by atoms with van der Waals surface area (Å²) in [6.07, 6.45) is 2.07. The number of hydrogen-bond donors (Lipinski definition) is 1. The number of aromatic amines is 1. The van der Waals surface area contributed by atoms with Gasteiger partial charge in [-0.3, -0.25) is 9.59 Å². The van der Waals surface area contributed by atoms with Crippen LogP contribution in [0.25, 0.3) is 0 Å². The van der Waals surface area contributed by atoms with Crippen LogP contribution in [-0.2, 0) is 11.3 Å². The van der Waals surface area contributed by atoms with Crippen molar-refractivity contribution < 1.29 is 14.3 Å². The standard InChI is InChI=1S/C20H27N5O3/c1-13-10-21-18(22-13)11-24(4)19(26)9-15-12-28-17-7-6-14(20(27)23(2)3)8-16(17)25(15)5/h6-8,10,15H,9,11-12H2,1-5H3,(H,21,22)/t15-/m1/s1. The minimum atomic E-state index is -0.106. The van der Waals surface area contributed by atoms with Gasteiger partial charge in [0, 0.05) is 45.6 Å². The number of aromatic nitrogens is 2. The molecule has 0 unspecified atom stereocenters. The van der Waals surface area contributed by atoms with Crippen LogP contribution >= 0.6 is 0 Å². The summed E-state index contributed by atoms with van der Waals surface area (Å²) < 4.78 is 5.85. The van der Waals surface area contributed by atoms with E-state index in [1.807, 2.05) is 31.0 Å². The summed E-state index contributed by atoms with van der Waals surface area (Å²) in [5, 5.41) is 0. The summed E-state index contributed by atoms with van der Waals surface area (Å²) in [5.41, 5.74) is 2.38. The second-order valence-corrected chi connectivity index (χ2v) is 7.42. The highest BCUT2D eigenvalue weighted by molar-refractivity contribution is 5.95. The molecular weight excluding hydrogens is 358 g/mol. The molecule has 2 aromatic rings. The molecule has 150 valence electrons. The molecule has 0 spiro atoms. The molecule has 0 aliphatic carbocycles. The van der Waals surface area contributed by atoms with Crippen molar-refractivity contribution >= 4 is 17.5 Å². The highest BCUT2D eigenvalue weighted by Gasteiger charge is 2.29. The fourth-order valence-corrected chi connectivity index (χ4v) is 3.21. The summed E-state index contributed by atoms with van der Waals surface area (Å²) in [6.45, 7) is 2.78. The maximum absolute atomic E-state index is 12.7. The molecule has 2 amide bonds. The van der Waals surface area contributed by atoms with Crippen molar-refractivity contribution in [3.63, 3.8) is 0 Å². The van der Waals surface area contributed by atoms with Crippen molar-refractivity contribution in [2.45, 2.75) is 25.9 Å². The first-order valence-corrected chi connectivity index (χ1v) is 9.22. The number of likely N-dealkylation sites (N-methyl/N-ethyl adjacent to an activating group) is 1. The molecule has 1 atom stereocenters. The van der Waals surface area contributed by atoms with Crippen LogP contribution in [0.4, 0.5) is 5.69 Å². The van der Waals surface area contributed by atoms with Crippen molar-refractivity contribution in [3.8, 4) is 5.75 Å². The third kappa shape index (κ3) is 4.11. The number of anilines is 1. The third-order valence-electron chi connectivity index (χ3n) is 4.95. The predicted octanol–water partition coefficient (Wildman–Crippen LogP) is 1.67. The predicted molar refractivity (Wildman–Crippen MR) is 107 cm³/mol. The molecule has 28 heavy (non-hydrogen) atoms. The summed E-state index contributed by atoms with van der Waals surface area (Å²) in [7, 11) is 7.14. The number of amides is 2. The molecule has 0 bridgehead atoms. The van der Waals surface area contributed by atoms with Crippen molar-refractivity contribution in [1.82, 2.24) is 19.8 Å². The number of aryl methyl sites for hydroxylation is 1. The Morgan fingerprint density at radius 3 is 2.71 bits per heavy atom. The monoisotopic (exact) mass is 385 g/mol. The molecule has 8 heteroatoms. The van der Waals surface area contributed by atoms with Gasteiger partial charge in [0.15, 0.2) is 0 Å². The lowest BCUT2D eigenvalue weighted by molar-refractivity contribution is -0.131. The molecule has 3 rings (SSSR count). The second-order valence-electron chi connectivity index (χ2n) is 7.42. The van der Waals surface area contributed by atoms with Crippen LogP contribution in [0.1, 0.15) is 28.3 Å². The van der Waals surface area contributed by atoms with Gasteiger partial charge in [0.2, 0.25) is 5.91 Å². The van der Waals surface area contributed by atoms with Crippen LogP contribution in [0.5, 0.6) is 5.75 Å². The van der Waals surface area contributed by atoms with E-state index in [9.17, 15) is 9.59 Å². The van der Waals surface area contributed by atoms with Gasteiger partial charge >= 0.3 is 0 Å². The number of benzene rings is 1. The fraction of sp³-hybridized carbons (Fsp3) is 0.450. The van der Waals surface area contributed by atoms with E-state index in [0.717, 1.165) is 23.0 Å². The number of hydrogen-bond acceptors (Lipinski definition) is 5. The number of carbonyl (C=O) groups is 2. The van der Waals surface area contributed by atoms with Gasteiger partial charge in [0.05, 0.1) is 24.7 Å². The minimum Gasteiger partial charge on any atom is -0.489 e. The lowest BCUT2D eigenvalue weighted by atomic mass is 10.1. The lowest BCUT2D eigenvalue weighted by Gasteiger charge is -2.36. The van der Waals surface area contributed by atoms with Gasteiger partial charge in [-0.05, 0) is 25.1 Å². The lowest BCUT2D eigenvalue weighted by Crippen LogP contribution is -2.44. The highest BCUT2D eigenvalue weighted by atomic mass is 16.5. The first kappa shape index (κ1) is 19.7. The van der Waals surface area contributed by atoms with Crippen LogP contribution in [0.15, 0.2) is 24.4 Å². The van der Waals surface area contributed by atoms with E-state index in [-0.39, 0.29) is 17.9 Å². The molecular formula is C20H27N5O3. The Labute approximate surface area is 165 Å². The average Bonchev–Trinajstić information content (AvgIpc) is 3.07. The van der Waals surface area contributed by atoms with Crippen LogP contribution in [0.3, 0.4) is 0 Å². The van der Waals surface area contributed by atoms with Gasteiger partial charge in [-0.15, -0.1) is 0 Å². The zero-order valence-electron chi connectivity index (χ0n) is 17.0. The molecule has 2 heterocycles. The molecule has 1 N–H and O–H groups in total. The molecule has 0 radical (unpaired) electrons. The third-order valence-corrected chi connectivity index (χ3v) is 4.95. The summed E-state index contributed by atoms with van der Waals surface area (Å²) in [5.74, 6) is 1.43. The minimum absolute atomic E-state index is 0.0125. The molecule has 1 aromatic carbocycles. The quantitative estimate of drug-likeness (QED) is 0.847. The number of H-pyrrole nitrogens is 1. The number of fused-ring (bicyclic) bond motifs is 1. The van der Waals surface area contributed by atoms with Crippen LogP contribution < -0.4 is 9.64 Å². The van der Waals surface area contributed by atoms with Gasteiger partial charge in [0.25, 0.3) is 5.91 Å². The van der Waals surface area contributed by atoms with Gasteiger partial charge in [-0.1, -0.05) is 0 Å². The average molecular weight is 385 g/mol.